The van der Waals surface area contributed by atoms with Crippen molar-refractivity contribution >= 4 is 6.09 Å². The second-order valence-corrected chi connectivity index (χ2v) is 5.96. The first kappa shape index (κ1) is 15.2. The highest BCUT2D eigenvalue weighted by molar-refractivity contribution is 5.68. The SMILES string of the molecule is CC(C)N(CCNC1COC1)C(=O)OC(C)(C)C. The first-order valence-electron chi connectivity index (χ1n) is 6.60. The summed E-state index contributed by atoms with van der Waals surface area (Å²) in [5, 5.41) is 3.35. The molecule has 1 amide bonds. The monoisotopic (exact) mass is 258 g/mol. The molecule has 18 heavy (non-hydrogen) atoms. The highest BCUT2D eigenvalue weighted by Gasteiger charge is 2.24. The molecule has 0 bridgehead atoms. The van der Waals surface area contributed by atoms with Crippen LogP contribution in [-0.4, -0.2) is 55.0 Å². The van der Waals surface area contributed by atoms with Gasteiger partial charge in [0.1, 0.15) is 5.60 Å². The molecule has 106 valence electrons. The lowest BCUT2D eigenvalue weighted by molar-refractivity contribution is -0.00763. The van der Waals surface area contributed by atoms with E-state index < -0.39 is 5.60 Å². The molecule has 0 radical (unpaired) electrons. The van der Waals surface area contributed by atoms with Crippen LogP contribution in [0, 0.1) is 0 Å². The molecule has 0 atom stereocenters. The molecule has 1 aliphatic heterocycles. The maximum Gasteiger partial charge on any atom is 0.410 e. The summed E-state index contributed by atoms with van der Waals surface area (Å²) in [5.41, 5.74) is -0.445. The van der Waals surface area contributed by atoms with Crippen molar-refractivity contribution in [3.8, 4) is 0 Å². The summed E-state index contributed by atoms with van der Waals surface area (Å²) in [6, 6.07) is 0.580. The van der Waals surface area contributed by atoms with Gasteiger partial charge < -0.3 is 19.7 Å². The van der Waals surface area contributed by atoms with E-state index in [9.17, 15) is 4.79 Å². The van der Waals surface area contributed by atoms with E-state index in [2.05, 4.69) is 5.32 Å². The number of amides is 1. The largest absolute Gasteiger partial charge is 0.444 e. The normalized spacial score (nSPS) is 16.6. The van der Waals surface area contributed by atoms with Gasteiger partial charge in [-0.2, -0.15) is 0 Å². The summed E-state index contributed by atoms with van der Waals surface area (Å²) in [6.45, 7) is 12.6. The van der Waals surface area contributed by atoms with Gasteiger partial charge in [-0.05, 0) is 34.6 Å². The first-order valence-corrected chi connectivity index (χ1v) is 6.60. The molecule has 5 heteroatoms. The molecule has 0 unspecified atom stereocenters. The van der Waals surface area contributed by atoms with E-state index >= 15 is 0 Å². The molecule has 1 heterocycles. The summed E-state index contributed by atoms with van der Waals surface area (Å²) in [4.78, 5) is 13.8. The minimum Gasteiger partial charge on any atom is -0.444 e. The summed E-state index contributed by atoms with van der Waals surface area (Å²) in [6.07, 6.45) is -0.246. The molecule has 1 saturated heterocycles. The molecule has 0 aromatic heterocycles. The second kappa shape index (κ2) is 6.38. The van der Waals surface area contributed by atoms with Crippen molar-refractivity contribution in [2.24, 2.45) is 0 Å². The number of carbonyl (C=O) groups is 1. The molecule has 1 rings (SSSR count). The Morgan fingerprint density at radius 2 is 2.06 bits per heavy atom. The Morgan fingerprint density at radius 1 is 1.44 bits per heavy atom. The molecule has 0 aliphatic carbocycles. The van der Waals surface area contributed by atoms with Crippen molar-refractivity contribution in [2.45, 2.75) is 52.3 Å². The maximum absolute atomic E-state index is 12.0. The van der Waals surface area contributed by atoms with Crippen molar-refractivity contribution in [1.82, 2.24) is 10.2 Å². The standard InChI is InChI=1S/C13H26N2O3/c1-10(2)15(12(16)18-13(3,4)5)7-6-14-11-8-17-9-11/h10-11,14H,6-9H2,1-5H3. The van der Waals surface area contributed by atoms with E-state index in [1.807, 2.05) is 34.6 Å². The topological polar surface area (TPSA) is 50.8 Å². The van der Waals surface area contributed by atoms with Crippen LogP contribution in [0.15, 0.2) is 0 Å². The van der Waals surface area contributed by atoms with Crippen molar-refractivity contribution in [1.29, 1.82) is 0 Å². The molecule has 1 N–H and O–H groups in total. The minimum atomic E-state index is -0.445. The zero-order chi connectivity index (χ0) is 13.8. The fourth-order valence-electron chi connectivity index (χ4n) is 1.62. The Bertz CT molecular complexity index is 270. The van der Waals surface area contributed by atoms with Gasteiger partial charge in [-0.15, -0.1) is 0 Å². The zero-order valence-corrected chi connectivity index (χ0v) is 12.2. The van der Waals surface area contributed by atoms with Crippen molar-refractivity contribution in [3.63, 3.8) is 0 Å². The van der Waals surface area contributed by atoms with Crippen LogP contribution in [0.25, 0.3) is 0 Å². The van der Waals surface area contributed by atoms with Gasteiger partial charge in [0, 0.05) is 19.1 Å². The van der Waals surface area contributed by atoms with Gasteiger partial charge in [-0.1, -0.05) is 0 Å². The van der Waals surface area contributed by atoms with Crippen LogP contribution >= 0.6 is 0 Å². The predicted molar refractivity (Wildman–Crippen MR) is 70.7 cm³/mol. The van der Waals surface area contributed by atoms with Gasteiger partial charge in [-0.3, -0.25) is 0 Å². The number of nitrogens with one attached hydrogen (secondary N) is 1. The van der Waals surface area contributed by atoms with E-state index in [1.165, 1.54) is 0 Å². The highest BCUT2D eigenvalue weighted by atomic mass is 16.6. The van der Waals surface area contributed by atoms with Crippen LogP contribution in [-0.2, 0) is 9.47 Å². The molecule has 5 nitrogen and oxygen atoms in total. The molecular formula is C13H26N2O3. The van der Waals surface area contributed by atoms with Gasteiger partial charge in [0.05, 0.1) is 19.3 Å². The number of nitrogens with zero attached hydrogens (tertiary/aromatic N) is 1. The van der Waals surface area contributed by atoms with Gasteiger partial charge in [0.2, 0.25) is 0 Å². The van der Waals surface area contributed by atoms with Gasteiger partial charge in [-0.25, -0.2) is 4.79 Å². The molecule has 0 spiro atoms. The summed E-state index contributed by atoms with van der Waals surface area (Å²) in [5.74, 6) is 0. The lowest BCUT2D eigenvalue weighted by Gasteiger charge is -2.32. The van der Waals surface area contributed by atoms with Crippen LogP contribution in [0.1, 0.15) is 34.6 Å². The highest BCUT2D eigenvalue weighted by Crippen LogP contribution is 2.11. The van der Waals surface area contributed by atoms with E-state index in [4.69, 9.17) is 9.47 Å². The van der Waals surface area contributed by atoms with Crippen LogP contribution in [0.3, 0.4) is 0 Å². The summed E-state index contributed by atoms with van der Waals surface area (Å²) >= 11 is 0. The molecule has 1 aliphatic rings. The third kappa shape index (κ3) is 5.23. The molecule has 0 aromatic rings. The lowest BCUT2D eigenvalue weighted by Crippen LogP contribution is -2.50. The van der Waals surface area contributed by atoms with Crippen molar-refractivity contribution in [3.05, 3.63) is 0 Å². The number of rotatable bonds is 5. The maximum atomic E-state index is 12.0. The van der Waals surface area contributed by atoms with Gasteiger partial charge in [0.25, 0.3) is 0 Å². The third-order valence-electron chi connectivity index (χ3n) is 2.68. The fraction of sp³-hybridized carbons (Fsp3) is 0.923. The molecule has 1 fully saturated rings. The van der Waals surface area contributed by atoms with Crippen LogP contribution < -0.4 is 5.32 Å². The first-order chi connectivity index (χ1) is 8.29. The summed E-state index contributed by atoms with van der Waals surface area (Å²) in [7, 11) is 0. The number of ether oxygens (including phenoxy) is 2. The number of carbonyl (C=O) groups excluding carboxylic acids is 1. The smallest absolute Gasteiger partial charge is 0.410 e. The number of hydrogen-bond acceptors (Lipinski definition) is 4. The molecular weight excluding hydrogens is 232 g/mol. The van der Waals surface area contributed by atoms with Crippen molar-refractivity contribution in [2.75, 3.05) is 26.3 Å². The summed E-state index contributed by atoms with van der Waals surface area (Å²) < 4.78 is 10.5. The molecule has 0 aromatic carbocycles. The number of hydrogen-bond donors (Lipinski definition) is 1. The average molecular weight is 258 g/mol. The molecule has 0 saturated carbocycles. The fourth-order valence-corrected chi connectivity index (χ4v) is 1.62. The Kier molecular flexibility index (Phi) is 5.41. The van der Waals surface area contributed by atoms with E-state index in [0.29, 0.717) is 12.6 Å². The third-order valence-corrected chi connectivity index (χ3v) is 2.68. The van der Waals surface area contributed by atoms with Gasteiger partial charge >= 0.3 is 6.09 Å². The van der Waals surface area contributed by atoms with Crippen LogP contribution in [0.4, 0.5) is 4.79 Å². The van der Waals surface area contributed by atoms with Crippen LogP contribution in [0.5, 0.6) is 0 Å². The van der Waals surface area contributed by atoms with E-state index in [0.717, 1.165) is 19.8 Å². The Morgan fingerprint density at radius 3 is 2.44 bits per heavy atom. The Labute approximate surface area is 110 Å². The minimum absolute atomic E-state index is 0.138. The zero-order valence-electron chi connectivity index (χ0n) is 12.2. The quantitative estimate of drug-likeness (QED) is 0.814. The predicted octanol–water partition coefficient (Wildman–Crippen LogP) is 1.62. The second-order valence-electron chi connectivity index (χ2n) is 5.96. The lowest BCUT2D eigenvalue weighted by atomic mass is 10.2. The average Bonchev–Trinajstić information content (AvgIpc) is 2.10. The van der Waals surface area contributed by atoms with E-state index in [1.54, 1.807) is 4.90 Å². The van der Waals surface area contributed by atoms with Crippen molar-refractivity contribution < 1.29 is 14.3 Å². The van der Waals surface area contributed by atoms with Crippen LogP contribution in [0.2, 0.25) is 0 Å². The Balaban J connectivity index is 2.35. The Hall–Kier alpha value is -0.810. The van der Waals surface area contributed by atoms with E-state index in [-0.39, 0.29) is 12.1 Å². The van der Waals surface area contributed by atoms with Gasteiger partial charge in [0.15, 0.2) is 0 Å².